The molecule has 2 aliphatic heterocycles. The van der Waals surface area contributed by atoms with E-state index in [2.05, 4.69) is 4.90 Å². The molecule has 1 amide bonds. The first-order valence-corrected chi connectivity index (χ1v) is 7.16. The van der Waals surface area contributed by atoms with Gasteiger partial charge in [-0.25, -0.2) is 0 Å². The van der Waals surface area contributed by atoms with Gasteiger partial charge < -0.3 is 9.32 Å². The molecule has 0 atom stereocenters. The van der Waals surface area contributed by atoms with E-state index < -0.39 is 0 Å². The van der Waals surface area contributed by atoms with Crippen LogP contribution in [0.4, 0.5) is 0 Å². The Bertz CT molecular complexity index is 433. The van der Waals surface area contributed by atoms with Crippen LogP contribution in [0, 0.1) is 5.41 Å². The third-order valence-corrected chi connectivity index (χ3v) is 4.79. The summed E-state index contributed by atoms with van der Waals surface area (Å²) in [7, 11) is 0. The molecule has 0 radical (unpaired) electrons. The second kappa shape index (κ2) is 5.00. The minimum absolute atomic E-state index is 0.234. The van der Waals surface area contributed by atoms with E-state index in [-0.39, 0.29) is 5.91 Å². The quantitative estimate of drug-likeness (QED) is 0.819. The molecular weight excluding hydrogens is 240 g/mol. The van der Waals surface area contributed by atoms with Crippen LogP contribution in [-0.4, -0.2) is 41.9 Å². The van der Waals surface area contributed by atoms with Crippen molar-refractivity contribution in [1.82, 2.24) is 9.80 Å². The van der Waals surface area contributed by atoms with Gasteiger partial charge in [0.2, 0.25) is 5.91 Å². The van der Waals surface area contributed by atoms with E-state index in [0.717, 1.165) is 32.7 Å². The molecule has 1 spiro atoms. The van der Waals surface area contributed by atoms with Gasteiger partial charge in [0, 0.05) is 32.1 Å². The smallest absolute Gasteiger partial charge is 0.219 e. The summed E-state index contributed by atoms with van der Waals surface area (Å²) in [5, 5.41) is 0. The molecule has 0 aliphatic carbocycles. The number of likely N-dealkylation sites (tertiary alicyclic amines) is 2. The van der Waals surface area contributed by atoms with Crippen molar-refractivity contribution in [2.75, 3.05) is 26.2 Å². The van der Waals surface area contributed by atoms with E-state index in [1.54, 1.807) is 13.2 Å². The lowest BCUT2D eigenvalue weighted by Gasteiger charge is -2.39. The first-order valence-electron chi connectivity index (χ1n) is 7.16. The molecule has 2 saturated heterocycles. The highest BCUT2D eigenvalue weighted by Gasteiger charge is 2.41. The van der Waals surface area contributed by atoms with Gasteiger partial charge in [-0.05, 0) is 43.8 Å². The molecule has 0 saturated carbocycles. The lowest BCUT2D eigenvalue weighted by molar-refractivity contribution is -0.128. The Labute approximate surface area is 114 Å². The van der Waals surface area contributed by atoms with Gasteiger partial charge in [-0.15, -0.1) is 0 Å². The summed E-state index contributed by atoms with van der Waals surface area (Å²) >= 11 is 0. The number of piperidine rings is 1. The monoisotopic (exact) mass is 262 g/mol. The third-order valence-electron chi connectivity index (χ3n) is 4.79. The summed E-state index contributed by atoms with van der Waals surface area (Å²) in [6.45, 7) is 6.88. The Hall–Kier alpha value is -1.29. The van der Waals surface area contributed by atoms with Gasteiger partial charge in [-0.2, -0.15) is 0 Å². The fourth-order valence-electron chi connectivity index (χ4n) is 3.44. The van der Waals surface area contributed by atoms with Crippen LogP contribution in [0.3, 0.4) is 0 Å². The molecule has 0 bridgehead atoms. The Morgan fingerprint density at radius 2 is 2.05 bits per heavy atom. The maximum atomic E-state index is 11.5. The first kappa shape index (κ1) is 12.7. The number of hydrogen-bond donors (Lipinski definition) is 0. The van der Waals surface area contributed by atoms with Crippen molar-refractivity contribution >= 4 is 5.91 Å². The highest BCUT2D eigenvalue weighted by molar-refractivity contribution is 5.73. The highest BCUT2D eigenvalue weighted by Crippen LogP contribution is 2.40. The minimum atomic E-state index is 0.234. The molecule has 0 N–H and O–H groups in total. The number of furan rings is 1. The highest BCUT2D eigenvalue weighted by atomic mass is 16.3. The number of carbonyl (C=O) groups excluding carboxylic acids is 1. The van der Waals surface area contributed by atoms with E-state index in [4.69, 9.17) is 4.42 Å². The maximum absolute atomic E-state index is 11.5. The van der Waals surface area contributed by atoms with Gasteiger partial charge in [0.25, 0.3) is 0 Å². The second-order valence-electron chi connectivity index (χ2n) is 6.10. The predicted octanol–water partition coefficient (Wildman–Crippen LogP) is 2.11. The summed E-state index contributed by atoms with van der Waals surface area (Å²) in [5.41, 5.74) is 1.66. The number of hydrogen-bond acceptors (Lipinski definition) is 3. The first-order chi connectivity index (χ1) is 9.17. The van der Waals surface area contributed by atoms with E-state index >= 15 is 0 Å². The average Bonchev–Trinajstić information content (AvgIpc) is 3.03. The van der Waals surface area contributed by atoms with E-state index in [1.165, 1.54) is 24.8 Å². The van der Waals surface area contributed by atoms with Crippen LogP contribution < -0.4 is 0 Å². The van der Waals surface area contributed by atoms with E-state index in [0.29, 0.717) is 5.41 Å². The normalized spacial score (nSPS) is 23.1. The van der Waals surface area contributed by atoms with Crippen molar-refractivity contribution in [1.29, 1.82) is 0 Å². The van der Waals surface area contributed by atoms with Crippen LogP contribution in [-0.2, 0) is 11.3 Å². The van der Waals surface area contributed by atoms with Crippen LogP contribution in [0.1, 0.15) is 31.7 Å². The SMILES string of the molecule is CC(=O)N1CCC2(CCN(Cc3ccoc3)CC2)C1. The van der Waals surface area contributed by atoms with Crippen molar-refractivity contribution in [3.05, 3.63) is 24.2 Å². The minimum Gasteiger partial charge on any atom is -0.472 e. The zero-order valence-corrected chi connectivity index (χ0v) is 11.6. The zero-order chi connectivity index (χ0) is 13.3. The number of nitrogens with zero attached hydrogens (tertiary/aromatic N) is 2. The van der Waals surface area contributed by atoms with Crippen molar-refractivity contribution in [2.24, 2.45) is 5.41 Å². The van der Waals surface area contributed by atoms with Crippen LogP contribution in [0.15, 0.2) is 23.0 Å². The molecule has 4 nitrogen and oxygen atoms in total. The summed E-state index contributed by atoms with van der Waals surface area (Å²) in [4.78, 5) is 16.0. The van der Waals surface area contributed by atoms with Crippen LogP contribution in [0.5, 0.6) is 0 Å². The fourth-order valence-corrected chi connectivity index (χ4v) is 3.44. The fraction of sp³-hybridized carbons (Fsp3) is 0.667. The molecule has 0 aromatic carbocycles. The summed E-state index contributed by atoms with van der Waals surface area (Å²) in [5.74, 6) is 0.234. The van der Waals surface area contributed by atoms with E-state index in [1.807, 2.05) is 17.2 Å². The van der Waals surface area contributed by atoms with Crippen LogP contribution in [0.2, 0.25) is 0 Å². The van der Waals surface area contributed by atoms with Gasteiger partial charge in [-0.1, -0.05) is 0 Å². The summed E-state index contributed by atoms with van der Waals surface area (Å²) < 4.78 is 5.12. The van der Waals surface area contributed by atoms with E-state index in [9.17, 15) is 4.79 Å². The summed E-state index contributed by atoms with van der Waals surface area (Å²) in [6, 6.07) is 2.04. The molecular formula is C15H22N2O2. The Kier molecular flexibility index (Phi) is 3.35. The lowest BCUT2D eigenvalue weighted by Crippen LogP contribution is -2.41. The van der Waals surface area contributed by atoms with Crippen molar-refractivity contribution in [2.45, 2.75) is 32.7 Å². The van der Waals surface area contributed by atoms with Crippen LogP contribution >= 0.6 is 0 Å². The summed E-state index contributed by atoms with van der Waals surface area (Å²) in [6.07, 6.45) is 7.19. The zero-order valence-electron chi connectivity index (χ0n) is 11.6. The molecule has 0 unspecified atom stereocenters. The maximum Gasteiger partial charge on any atom is 0.219 e. The van der Waals surface area contributed by atoms with Gasteiger partial charge in [-0.3, -0.25) is 9.69 Å². The number of carbonyl (C=O) groups is 1. The van der Waals surface area contributed by atoms with Crippen molar-refractivity contribution in [3.8, 4) is 0 Å². The lowest BCUT2D eigenvalue weighted by atomic mass is 9.78. The molecule has 1 aromatic rings. The number of rotatable bonds is 2. The molecule has 3 rings (SSSR count). The Morgan fingerprint density at radius 3 is 2.63 bits per heavy atom. The molecule has 19 heavy (non-hydrogen) atoms. The van der Waals surface area contributed by atoms with Crippen molar-refractivity contribution in [3.63, 3.8) is 0 Å². The van der Waals surface area contributed by atoms with Gasteiger partial charge in [0.1, 0.15) is 0 Å². The molecule has 104 valence electrons. The van der Waals surface area contributed by atoms with Gasteiger partial charge >= 0.3 is 0 Å². The molecule has 4 heteroatoms. The molecule has 2 fully saturated rings. The Morgan fingerprint density at radius 1 is 1.32 bits per heavy atom. The molecule has 1 aromatic heterocycles. The van der Waals surface area contributed by atoms with Gasteiger partial charge in [0.15, 0.2) is 0 Å². The second-order valence-corrected chi connectivity index (χ2v) is 6.10. The van der Waals surface area contributed by atoms with Crippen LogP contribution in [0.25, 0.3) is 0 Å². The molecule has 2 aliphatic rings. The average molecular weight is 262 g/mol. The topological polar surface area (TPSA) is 36.7 Å². The van der Waals surface area contributed by atoms with Gasteiger partial charge in [0.05, 0.1) is 12.5 Å². The largest absolute Gasteiger partial charge is 0.472 e. The standard InChI is InChI=1S/C15H22N2O2/c1-13(18)17-8-5-15(12-17)3-6-16(7-4-15)10-14-2-9-19-11-14/h2,9,11H,3-8,10,12H2,1H3. The third kappa shape index (κ3) is 2.68. The Balaban J connectivity index is 1.53. The number of amides is 1. The van der Waals surface area contributed by atoms with Crippen molar-refractivity contribution < 1.29 is 9.21 Å². The predicted molar refractivity (Wildman–Crippen MR) is 72.5 cm³/mol. The molecule has 3 heterocycles.